The molecule has 2 aromatic rings. The van der Waals surface area contributed by atoms with Gasteiger partial charge in [-0.1, -0.05) is 17.7 Å². The molecule has 1 aromatic heterocycles. The summed E-state index contributed by atoms with van der Waals surface area (Å²) in [6, 6.07) is 11.7. The molecule has 0 aliphatic heterocycles. The molecule has 0 radical (unpaired) electrons. The Bertz CT molecular complexity index is 543. The Hall–Kier alpha value is -1.50. The highest BCUT2D eigenvalue weighted by Gasteiger charge is 2.09. The summed E-state index contributed by atoms with van der Waals surface area (Å²) in [4.78, 5) is 1.24. The Balaban J connectivity index is 2.22. The number of anilines is 1. The highest BCUT2D eigenvalue weighted by molar-refractivity contribution is 7.10. The van der Waals surface area contributed by atoms with E-state index in [-0.39, 0.29) is 6.04 Å². The Morgan fingerprint density at radius 3 is 2.88 bits per heavy atom. The highest BCUT2D eigenvalue weighted by Crippen LogP contribution is 2.26. The van der Waals surface area contributed by atoms with Crippen LogP contribution >= 0.6 is 22.9 Å². The molecule has 2 rings (SSSR count). The van der Waals surface area contributed by atoms with Crippen LogP contribution in [0.25, 0.3) is 0 Å². The third-order valence-electron chi connectivity index (χ3n) is 2.44. The van der Waals surface area contributed by atoms with E-state index in [1.165, 1.54) is 4.88 Å². The molecule has 0 saturated heterocycles. The molecule has 1 unspecified atom stereocenters. The number of nitriles is 1. The fraction of sp³-hybridized carbons (Fsp3) is 0.154. The second-order valence-corrected chi connectivity index (χ2v) is 5.10. The summed E-state index contributed by atoms with van der Waals surface area (Å²) in [6.07, 6.45) is 0. The quantitative estimate of drug-likeness (QED) is 0.887. The summed E-state index contributed by atoms with van der Waals surface area (Å²) in [7, 11) is 0. The maximum Gasteiger partial charge on any atom is 0.101 e. The maximum absolute atomic E-state index is 9.04. The number of thiophene rings is 1. The lowest BCUT2D eigenvalue weighted by molar-refractivity contribution is 0.907. The normalized spacial score (nSPS) is 11.8. The molecule has 0 amide bonds. The van der Waals surface area contributed by atoms with Crippen molar-refractivity contribution < 1.29 is 0 Å². The van der Waals surface area contributed by atoms with Crippen LogP contribution in [0.1, 0.15) is 23.4 Å². The average molecular weight is 263 g/mol. The molecule has 17 heavy (non-hydrogen) atoms. The fourth-order valence-electron chi connectivity index (χ4n) is 1.58. The molecule has 0 saturated carbocycles. The first-order valence-corrected chi connectivity index (χ1v) is 6.46. The van der Waals surface area contributed by atoms with Gasteiger partial charge >= 0.3 is 0 Å². The fourth-order valence-corrected chi connectivity index (χ4v) is 2.48. The van der Waals surface area contributed by atoms with Crippen LogP contribution in [0.4, 0.5) is 5.69 Å². The van der Waals surface area contributed by atoms with Gasteiger partial charge in [0.2, 0.25) is 0 Å². The summed E-state index contributed by atoms with van der Waals surface area (Å²) in [5.74, 6) is 0. The van der Waals surface area contributed by atoms with E-state index in [9.17, 15) is 0 Å². The van der Waals surface area contributed by atoms with Crippen molar-refractivity contribution in [2.75, 3.05) is 5.32 Å². The summed E-state index contributed by atoms with van der Waals surface area (Å²) >= 11 is 7.55. The number of halogens is 1. The van der Waals surface area contributed by atoms with Gasteiger partial charge in [0, 0.05) is 9.90 Å². The minimum absolute atomic E-state index is 0.184. The molecule has 86 valence electrons. The Morgan fingerprint density at radius 2 is 2.24 bits per heavy atom. The topological polar surface area (TPSA) is 35.8 Å². The van der Waals surface area contributed by atoms with E-state index in [0.717, 1.165) is 5.69 Å². The predicted molar refractivity (Wildman–Crippen MR) is 72.5 cm³/mol. The Kier molecular flexibility index (Phi) is 3.68. The van der Waals surface area contributed by atoms with E-state index in [1.54, 1.807) is 23.5 Å². The summed E-state index contributed by atoms with van der Waals surface area (Å²) in [6.45, 7) is 2.07. The van der Waals surface area contributed by atoms with Crippen molar-refractivity contribution in [3.05, 3.63) is 51.2 Å². The van der Waals surface area contributed by atoms with Crippen LogP contribution in [0, 0.1) is 11.3 Å². The van der Waals surface area contributed by atoms with Crippen molar-refractivity contribution in [3.8, 4) is 6.07 Å². The van der Waals surface area contributed by atoms with Gasteiger partial charge in [0.25, 0.3) is 0 Å². The van der Waals surface area contributed by atoms with E-state index in [2.05, 4.69) is 24.4 Å². The first kappa shape index (κ1) is 12.0. The number of benzene rings is 1. The van der Waals surface area contributed by atoms with Gasteiger partial charge < -0.3 is 5.32 Å². The van der Waals surface area contributed by atoms with E-state index in [1.807, 2.05) is 17.5 Å². The lowest BCUT2D eigenvalue weighted by Gasteiger charge is -2.14. The van der Waals surface area contributed by atoms with Gasteiger partial charge in [-0.05, 0) is 36.6 Å². The molecule has 0 aliphatic carbocycles. The number of nitrogens with zero attached hydrogens (tertiary/aromatic N) is 1. The first-order chi connectivity index (χ1) is 8.20. The molecule has 0 fully saturated rings. The first-order valence-electron chi connectivity index (χ1n) is 5.20. The summed E-state index contributed by atoms with van der Waals surface area (Å²) in [5.41, 5.74) is 1.39. The van der Waals surface area contributed by atoms with Gasteiger partial charge in [-0.2, -0.15) is 5.26 Å². The number of rotatable bonds is 3. The molecule has 0 aliphatic rings. The minimum Gasteiger partial charge on any atom is -0.377 e. The largest absolute Gasteiger partial charge is 0.377 e. The molecule has 0 spiro atoms. The van der Waals surface area contributed by atoms with Gasteiger partial charge in [-0.25, -0.2) is 0 Å². The van der Waals surface area contributed by atoms with Crippen LogP contribution < -0.4 is 5.32 Å². The highest BCUT2D eigenvalue weighted by atomic mass is 35.5. The van der Waals surface area contributed by atoms with Crippen LogP contribution in [0.15, 0.2) is 35.7 Å². The van der Waals surface area contributed by atoms with Crippen molar-refractivity contribution in [2.24, 2.45) is 0 Å². The zero-order chi connectivity index (χ0) is 12.3. The van der Waals surface area contributed by atoms with E-state index >= 15 is 0 Å². The van der Waals surface area contributed by atoms with Gasteiger partial charge in [0.05, 0.1) is 17.3 Å². The van der Waals surface area contributed by atoms with Crippen LogP contribution in [-0.4, -0.2) is 0 Å². The molecule has 0 bridgehead atoms. The van der Waals surface area contributed by atoms with Gasteiger partial charge in [-0.15, -0.1) is 11.3 Å². The number of hydrogen-bond acceptors (Lipinski definition) is 3. The van der Waals surface area contributed by atoms with Crippen molar-refractivity contribution in [3.63, 3.8) is 0 Å². The van der Waals surface area contributed by atoms with Crippen molar-refractivity contribution >= 4 is 28.6 Å². The monoisotopic (exact) mass is 262 g/mol. The SMILES string of the molecule is CC(Nc1ccc(Cl)cc1C#N)c1cccs1. The predicted octanol–water partition coefficient (Wildman–Crippen LogP) is 4.45. The van der Waals surface area contributed by atoms with Crippen LogP contribution in [0.5, 0.6) is 0 Å². The molecule has 4 heteroatoms. The lowest BCUT2D eigenvalue weighted by Crippen LogP contribution is -2.06. The van der Waals surface area contributed by atoms with Gasteiger partial charge in [0.1, 0.15) is 6.07 Å². The lowest BCUT2D eigenvalue weighted by atomic mass is 10.1. The summed E-state index contributed by atoms with van der Waals surface area (Å²) < 4.78 is 0. The summed E-state index contributed by atoms with van der Waals surface area (Å²) in [5, 5.41) is 15.0. The standard InChI is InChI=1S/C13H11ClN2S/c1-9(13-3-2-6-17-13)16-12-5-4-11(14)7-10(12)8-15/h2-7,9,16H,1H3. The maximum atomic E-state index is 9.04. The zero-order valence-electron chi connectivity index (χ0n) is 9.27. The Labute approximate surface area is 109 Å². The third kappa shape index (κ3) is 2.79. The second kappa shape index (κ2) is 5.22. The van der Waals surface area contributed by atoms with E-state index in [4.69, 9.17) is 16.9 Å². The van der Waals surface area contributed by atoms with Crippen LogP contribution in [0.2, 0.25) is 5.02 Å². The smallest absolute Gasteiger partial charge is 0.101 e. The second-order valence-electron chi connectivity index (χ2n) is 3.68. The molecular formula is C13H11ClN2S. The van der Waals surface area contributed by atoms with Crippen LogP contribution in [0.3, 0.4) is 0 Å². The van der Waals surface area contributed by atoms with Crippen molar-refractivity contribution in [1.82, 2.24) is 0 Å². The molecule has 1 heterocycles. The molecule has 1 aromatic carbocycles. The zero-order valence-corrected chi connectivity index (χ0v) is 10.8. The minimum atomic E-state index is 0.184. The van der Waals surface area contributed by atoms with Crippen molar-refractivity contribution in [1.29, 1.82) is 5.26 Å². The Morgan fingerprint density at radius 1 is 1.41 bits per heavy atom. The number of nitrogens with one attached hydrogen (secondary N) is 1. The number of hydrogen-bond donors (Lipinski definition) is 1. The average Bonchev–Trinajstić information content (AvgIpc) is 2.85. The van der Waals surface area contributed by atoms with Crippen molar-refractivity contribution in [2.45, 2.75) is 13.0 Å². The van der Waals surface area contributed by atoms with Gasteiger partial charge in [-0.3, -0.25) is 0 Å². The molecule has 1 N–H and O–H groups in total. The molecule has 1 atom stereocenters. The van der Waals surface area contributed by atoms with E-state index < -0.39 is 0 Å². The molecule has 2 nitrogen and oxygen atoms in total. The van der Waals surface area contributed by atoms with E-state index in [0.29, 0.717) is 10.6 Å². The third-order valence-corrected chi connectivity index (χ3v) is 3.73. The van der Waals surface area contributed by atoms with Crippen LogP contribution in [-0.2, 0) is 0 Å². The van der Waals surface area contributed by atoms with Gasteiger partial charge in [0.15, 0.2) is 0 Å². The molecular weight excluding hydrogens is 252 g/mol.